The molecule has 1 aromatic heterocycles. The Hall–Kier alpha value is -3.84. The Bertz CT molecular complexity index is 1290. The highest BCUT2D eigenvalue weighted by molar-refractivity contribution is 6.31. The number of methoxy groups -OCH3 is 1. The highest BCUT2D eigenvalue weighted by Crippen LogP contribution is 2.40. The van der Waals surface area contributed by atoms with E-state index in [2.05, 4.69) is 32.8 Å². The fourth-order valence-electron chi connectivity index (χ4n) is 4.24. The molecule has 1 aliphatic rings. The first-order valence-electron chi connectivity index (χ1n) is 11.1. The highest BCUT2D eigenvalue weighted by atomic mass is 35.5. The molecule has 7 nitrogen and oxygen atoms in total. The molecule has 0 spiro atoms. The van der Waals surface area contributed by atoms with Crippen LogP contribution in [0.3, 0.4) is 0 Å². The van der Waals surface area contributed by atoms with Crippen molar-refractivity contribution in [3.63, 3.8) is 0 Å². The molecule has 4 aromatic rings. The predicted octanol–water partition coefficient (Wildman–Crippen LogP) is 5.27. The molecule has 172 valence electrons. The molecule has 0 fully saturated rings. The topological polar surface area (TPSA) is 81.1 Å². The highest BCUT2D eigenvalue weighted by Gasteiger charge is 2.32. The van der Waals surface area contributed by atoms with Gasteiger partial charge < -0.3 is 10.1 Å². The summed E-state index contributed by atoms with van der Waals surface area (Å²) >= 11 is 6.56. The van der Waals surface area contributed by atoms with Gasteiger partial charge in [0.2, 0.25) is 11.9 Å². The minimum Gasteiger partial charge on any atom is -0.497 e. The number of amides is 1. The van der Waals surface area contributed by atoms with Crippen LogP contribution in [-0.4, -0.2) is 27.8 Å². The quantitative estimate of drug-likeness (QED) is 0.399. The maximum absolute atomic E-state index is 12.7. The Labute approximate surface area is 202 Å². The lowest BCUT2D eigenvalue weighted by Crippen LogP contribution is -2.28. The number of halogens is 1. The average Bonchev–Trinajstić information content (AvgIpc) is 3.27. The van der Waals surface area contributed by atoms with Gasteiger partial charge in [0.1, 0.15) is 5.75 Å². The van der Waals surface area contributed by atoms with Crippen LogP contribution in [0.4, 0.5) is 11.9 Å². The number of anilines is 2. The molecule has 0 radical (unpaired) electrons. The standard InChI is InChI=1S/C26H24ClN5O2/c1-34-19-13-11-17(12-14-19)15-24(33)29-25-30-26-28-22(18-7-3-2-4-8-18)16-23(32(26)31-25)20-9-5-6-10-21(20)27/h2-14,22-23H,15-16H2,1H3,(H2,28,29,30,31,33). The summed E-state index contributed by atoms with van der Waals surface area (Å²) in [6.07, 6.45) is 0.950. The van der Waals surface area contributed by atoms with Crippen LogP contribution in [0.5, 0.6) is 5.75 Å². The van der Waals surface area contributed by atoms with Gasteiger partial charge >= 0.3 is 0 Å². The monoisotopic (exact) mass is 473 g/mol. The zero-order chi connectivity index (χ0) is 23.5. The van der Waals surface area contributed by atoms with Crippen LogP contribution in [0.25, 0.3) is 0 Å². The van der Waals surface area contributed by atoms with Crippen molar-refractivity contribution in [3.8, 4) is 5.75 Å². The molecular formula is C26H24ClN5O2. The minimum atomic E-state index is -0.193. The number of aromatic nitrogens is 3. The van der Waals surface area contributed by atoms with E-state index in [-0.39, 0.29) is 30.4 Å². The van der Waals surface area contributed by atoms with E-state index in [0.29, 0.717) is 11.0 Å². The van der Waals surface area contributed by atoms with Gasteiger partial charge in [0, 0.05) is 5.02 Å². The van der Waals surface area contributed by atoms with Crippen molar-refractivity contribution in [2.45, 2.75) is 24.9 Å². The summed E-state index contributed by atoms with van der Waals surface area (Å²) in [7, 11) is 1.61. The fraction of sp³-hybridized carbons (Fsp3) is 0.192. The molecule has 2 heterocycles. The summed E-state index contributed by atoms with van der Waals surface area (Å²) in [6, 6.07) is 25.3. The molecular weight excluding hydrogens is 450 g/mol. The van der Waals surface area contributed by atoms with Crippen molar-refractivity contribution in [2.24, 2.45) is 0 Å². The molecule has 1 aliphatic heterocycles. The van der Waals surface area contributed by atoms with Crippen molar-refractivity contribution < 1.29 is 9.53 Å². The Kier molecular flexibility index (Phi) is 6.18. The molecule has 2 atom stereocenters. The van der Waals surface area contributed by atoms with E-state index in [0.717, 1.165) is 28.9 Å². The first-order valence-corrected chi connectivity index (χ1v) is 11.4. The number of carbonyl (C=O) groups excluding carboxylic acids is 1. The van der Waals surface area contributed by atoms with Gasteiger partial charge in [-0.2, -0.15) is 4.98 Å². The van der Waals surface area contributed by atoms with Crippen LogP contribution in [-0.2, 0) is 11.2 Å². The Morgan fingerprint density at radius 1 is 1.09 bits per heavy atom. The second kappa shape index (κ2) is 9.57. The van der Waals surface area contributed by atoms with E-state index in [9.17, 15) is 4.79 Å². The molecule has 1 amide bonds. The Balaban J connectivity index is 1.41. The third-order valence-corrected chi connectivity index (χ3v) is 6.27. The third kappa shape index (κ3) is 4.61. The second-order valence-corrected chi connectivity index (χ2v) is 8.56. The zero-order valence-electron chi connectivity index (χ0n) is 18.6. The van der Waals surface area contributed by atoms with Crippen LogP contribution in [0.2, 0.25) is 5.02 Å². The molecule has 2 N–H and O–H groups in total. The van der Waals surface area contributed by atoms with Crippen LogP contribution in [0, 0.1) is 0 Å². The van der Waals surface area contributed by atoms with Crippen molar-refractivity contribution in [1.82, 2.24) is 14.8 Å². The largest absolute Gasteiger partial charge is 0.497 e. The van der Waals surface area contributed by atoms with Crippen LogP contribution >= 0.6 is 11.6 Å². The lowest BCUT2D eigenvalue weighted by molar-refractivity contribution is -0.115. The van der Waals surface area contributed by atoms with Gasteiger partial charge in [0.15, 0.2) is 0 Å². The molecule has 0 saturated carbocycles. The zero-order valence-corrected chi connectivity index (χ0v) is 19.4. The molecule has 34 heavy (non-hydrogen) atoms. The van der Waals surface area contributed by atoms with Gasteiger partial charge in [-0.15, -0.1) is 5.10 Å². The van der Waals surface area contributed by atoms with E-state index < -0.39 is 0 Å². The van der Waals surface area contributed by atoms with E-state index >= 15 is 0 Å². The smallest absolute Gasteiger partial charge is 0.250 e. The van der Waals surface area contributed by atoms with Crippen molar-refractivity contribution >= 4 is 29.4 Å². The van der Waals surface area contributed by atoms with E-state index in [1.807, 2.05) is 71.4 Å². The SMILES string of the molecule is COc1ccc(CC(=O)Nc2nc3n(n2)C(c2ccccc2Cl)CC(c2ccccc2)N3)cc1. The summed E-state index contributed by atoms with van der Waals surface area (Å²) in [5.74, 6) is 1.40. The third-order valence-electron chi connectivity index (χ3n) is 5.93. The summed E-state index contributed by atoms with van der Waals surface area (Å²) in [5, 5.41) is 11.6. The Morgan fingerprint density at radius 3 is 2.56 bits per heavy atom. The molecule has 0 bridgehead atoms. The molecule has 3 aromatic carbocycles. The number of nitrogens with zero attached hydrogens (tertiary/aromatic N) is 3. The van der Waals surface area contributed by atoms with Crippen molar-refractivity contribution in [3.05, 3.63) is 101 Å². The number of rotatable bonds is 6. The van der Waals surface area contributed by atoms with E-state index in [1.54, 1.807) is 7.11 Å². The van der Waals surface area contributed by atoms with Gasteiger partial charge in [0.25, 0.3) is 5.95 Å². The number of hydrogen-bond donors (Lipinski definition) is 2. The van der Waals surface area contributed by atoms with Gasteiger partial charge in [-0.3, -0.25) is 10.1 Å². The normalized spacial score (nSPS) is 16.9. The van der Waals surface area contributed by atoms with Gasteiger partial charge in [0.05, 0.1) is 25.6 Å². The molecule has 2 unspecified atom stereocenters. The lowest BCUT2D eigenvalue weighted by Gasteiger charge is -2.32. The summed E-state index contributed by atoms with van der Waals surface area (Å²) in [4.78, 5) is 17.3. The first-order chi connectivity index (χ1) is 16.6. The Morgan fingerprint density at radius 2 is 1.82 bits per heavy atom. The number of fused-ring (bicyclic) bond motifs is 1. The van der Waals surface area contributed by atoms with Crippen LogP contribution in [0.1, 0.15) is 35.2 Å². The number of carbonyl (C=O) groups is 1. The minimum absolute atomic E-state index is 0.0297. The fourth-order valence-corrected chi connectivity index (χ4v) is 4.50. The molecule has 0 saturated heterocycles. The number of ether oxygens (including phenoxy) is 1. The lowest BCUT2D eigenvalue weighted by atomic mass is 9.93. The van der Waals surface area contributed by atoms with Crippen molar-refractivity contribution in [2.75, 3.05) is 17.7 Å². The second-order valence-electron chi connectivity index (χ2n) is 8.16. The van der Waals surface area contributed by atoms with Gasteiger partial charge in [-0.1, -0.05) is 72.3 Å². The van der Waals surface area contributed by atoms with Crippen molar-refractivity contribution in [1.29, 1.82) is 0 Å². The predicted molar refractivity (Wildman–Crippen MR) is 132 cm³/mol. The maximum Gasteiger partial charge on any atom is 0.250 e. The summed E-state index contributed by atoms with van der Waals surface area (Å²) in [5.41, 5.74) is 2.99. The molecule has 5 rings (SSSR count). The first kappa shape index (κ1) is 22.0. The number of nitrogens with one attached hydrogen (secondary N) is 2. The van der Waals surface area contributed by atoms with E-state index in [1.165, 1.54) is 0 Å². The van der Waals surface area contributed by atoms with Crippen LogP contribution in [0.15, 0.2) is 78.9 Å². The number of benzene rings is 3. The van der Waals surface area contributed by atoms with Gasteiger partial charge in [-0.25, -0.2) is 4.68 Å². The maximum atomic E-state index is 12.7. The average molecular weight is 474 g/mol. The van der Waals surface area contributed by atoms with Crippen LogP contribution < -0.4 is 15.4 Å². The summed E-state index contributed by atoms with van der Waals surface area (Å²) in [6.45, 7) is 0. The van der Waals surface area contributed by atoms with E-state index in [4.69, 9.17) is 16.3 Å². The molecule has 8 heteroatoms. The van der Waals surface area contributed by atoms with Gasteiger partial charge in [-0.05, 0) is 41.3 Å². The molecule has 0 aliphatic carbocycles. The number of hydrogen-bond acceptors (Lipinski definition) is 5. The summed E-state index contributed by atoms with van der Waals surface area (Å²) < 4.78 is 6.98.